The van der Waals surface area contributed by atoms with Crippen molar-refractivity contribution in [1.82, 2.24) is 10.5 Å². The third-order valence-corrected chi connectivity index (χ3v) is 3.78. The fraction of sp³-hybridized carbons (Fsp3) is 0.238. The molecule has 1 amide bonds. The molecule has 0 saturated carbocycles. The Bertz CT molecular complexity index is 1020. The van der Waals surface area contributed by atoms with Crippen molar-refractivity contribution < 1.29 is 27.6 Å². The highest BCUT2D eigenvalue weighted by atomic mass is 19.1. The normalized spacial score (nSPS) is 10.2. The summed E-state index contributed by atoms with van der Waals surface area (Å²) in [6.45, 7) is 9.31. The van der Waals surface area contributed by atoms with Gasteiger partial charge in [0.15, 0.2) is 17.8 Å². The highest BCUT2D eigenvalue weighted by molar-refractivity contribution is 6.03. The average molecular weight is 419 g/mol. The molecule has 1 heterocycles. The smallest absolute Gasteiger partial charge is 0.277 e. The molecule has 2 aromatic carbocycles. The SMILES string of the molecule is C=COCCONC(=O)c1cc2ocnc2c(F)c1Nc1ccc(C)cc1F.CC. The Morgan fingerprint density at radius 1 is 1.27 bits per heavy atom. The lowest BCUT2D eigenvalue weighted by atomic mass is 10.1. The molecule has 0 atom stereocenters. The monoisotopic (exact) mass is 419 g/mol. The number of nitrogens with zero attached hydrogens (tertiary/aromatic N) is 1. The number of hydroxylamine groups is 1. The van der Waals surface area contributed by atoms with Gasteiger partial charge in [0.05, 0.1) is 23.2 Å². The number of amides is 1. The Morgan fingerprint density at radius 3 is 2.73 bits per heavy atom. The lowest BCUT2D eigenvalue weighted by Gasteiger charge is -2.14. The number of nitrogens with one attached hydrogen (secondary N) is 2. The van der Waals surface area contributed by atoms with Crippen molar-refractivity contribution in [3.05, 3.63) is 66.3 Å². The summed E-state index contributed by atoms with van der Waals surface area (Å²) in [6, 6.07) is 5.68. The van der Waals surface area contributed by atoms with Gasteiger partial charge in [-0.05, 0) is 30.7 Å². The first kappa shape index (κ1) is 22.8. The van der Waals surface area contributed by atoms with E-state index in [1.807, 2.05) is 13.8 Å². The maximum Gasteiger partial charge on any atom is 0.277 e. The molecule has 0 unspecified atom stereocenters. The summed E-state index contributed by atoms with van der Waals surface area (Å²) < 4.78 is 39.1. The van der Waals surface area contributed by atoms with Crippen molar-refractivity contribution in [3.63, 3.8) is 0 Å². The molecule has 0 aliphatic rings. The van der Waals surface area contributed by atoms with E-state index in [4.69, 9.17) is 14.0 Å². The standard InChI is InChI=1S/C19H17F2N3O4.C2H6/c1-3-26-6-7-28-24-19(25)12-9-15-18(22-10-27-15)16(21)17(12)23-14-5-4-11(2)8-13(14)20;1-2/h3-5,8-10,23H,1,6-7H2,2H3,(H,24,25);1-2H3. The third-order valence-electron chi connectivity index (χ3n) is 3.78. The zero-order chi connectivity index (χ0) is 22.1. The highest BCUT2D eigenvalue weighted by Gasteiger charge is 2.22. The van der Waals surface area contributed by atoms with E-state index < -0.39 is 17.5 Å². The summed E-state index contributed by atoms with van der Waals surface area (Å²) in [4.78, 5) is 21.3. The zero-order valence-corrected chi connectivity index (χ0v) is 16.9. The van der Waals surface area contributed by atoms with E-state index in [-0.39, 0.29) is 41.3 Å². The number of anilines is 2. The highest BCUT2D eigenvalue weighted by Crippen LogP contribution is 2.31. The fourth-order valence-electron chi connectivity index (χ4n) is 2.46. The zero-order valence-electron chi connectivity index (χ0n) is 16.9. The lowest BCUT2D eigenvalue weighted by molar-refractivity contribution is 0.0145. The van der Waals surface area contributed by atoms with E-state index >= 15 is 0 Å². The number of halogens is 2. The van der Waals surface area contributed by atoms with Crippen LogP contribution in [0.3, 0.4) is 0 Å². The molecule has 0 aliphatic heterocycles. The number of rotatable bonds is 8. The van der Waals surface area contributed by atoms with E-state index in [0.29, 0.717) is 5.56 Å². The number of fused-ring (bicyclic) bond motifs is 1. The van der Waals surface area contributed by atoms with E-state index in [0.717, 1.165) is 6.39 Å². The number of aromatic nitrogens is 1. The van der Waals surface area contributed by atoms with Crippen LogP contribution >= 0.6 is 0 Å². The topological polar surface area (TPSA) is 85.6 Å². The molecule has 0 bridgehead atoms. The third kappa shape index (κ3) is 5.32. The molecular weight excluding hydrogens is 396 g/mol. The molecule has 0 fully saturated rings. The van der Waals surface area contributed by atoms with Gasteiger partial charge >= 0.3 is 0 Å². The second-order valence-corrected chi connectivity index (χ2v) is 5.74. The van der Waals surface area contributed by atoms with Gasteiger partial charge in [0, 0.05) is 0 Å². The molecular formula is C21H23F2N3O4. The summed E-state index contributed by atoms with van der Waals surface area (Å²) >= 11 is 0. The first-order chi connectivity index (χ1) is 14.5. The van der Waals surface area contributed by atoms with Crippen LogP contribution in [0.4, 0.5) is 20.2 Å². The number of hydrogen-bond acceptors (Lipinski definition) is 6. The molecule has 0 radical (unpaired) electrons. The Morgan fingerprint density at radius 2 is 2.03 bits per heavy atom. The second kappa shape index (κ2) is 10.9. The molecule has 160 valence electrons. The molecule has 0 saturated heterocycles. The number of aryl methyl sites for hydroxylation is 1. The Labute approximate surface area is 172 Å². The minimum atomic E-state index is -0.855. The number of carbonyl (C=O) groups is 1. The van der Waals surface area contributed by atoms with Crippen LogP contribution in [-0.4, -0.2) is 24.1 Å². The van der Waals surface area contributed by atoms with Crippen molar-refractivity contribution in [2.75, 3.05) is 18.5 Å². The van der Waals surface area contributed by atoms with Crippen LogP contribution in [0.1, 0.15) is 29.8 Å². The minimum absolute atomic E-state index is 0.00157. The van der Waals surface area contributed by atoms with Crippen molar-refractivity contribution in [3.8, 4) is 0 Å². The van der Waals surface area contributed by atoms with Crippen LogP contribution in [0.2, 0.25) is 0 Å². The summed E-state index contributed by atoms with van der Waals surface area (Å²) in [5.41, 5.74) is 2.44. The molecule has 9 heteroatoms. The predicted octanol–water partition coefficient (Wildman–Crippen LogP) is 5.01. The largest absolute Gasteiger partial charge is 0.499 e. The van der Waals surface area contributed by atoms with Crippen LogP contribution in [0.5, 0.6) is 0 Å². The average Bonchev–Trinajstić information content (AvgIpc) is 3.22. The van der Waals surface area contributed by atoms with Gasteiger partial charge in [0.2, 0.25) is 0 Å². The maximum atomic E-state index is 14.9. The quantitative estimate of drug-likeness (QED) is 0.303. The number of benzene rings is 2. The maximum absolute atomic E-state index is 14.9. The summed E-state index contributed by atoms with van der Waals surface area (Å²) in [7, 11) is 0. The van der Waals surface area contributed by atoms with E-state index in [9.17, 15) is 13.6 Å². The molecule has 3 rings (SSSR count). The van der Waals surface area contributed by atoms with Crippen molar-refractivity contribution in [1.29, 1.82) is 0 Å². The van der Waals surface area contributed by atoms with Gasteiger partial charge in [-0.1, -0.05) is 26.5 Å². The van der Waals surface area contributed by atoms with Crippen molar-refractivity contribution in [2.45, 2.75) is 20.8 Å². The summed E-state index contributed by atoms with van der Waals surface area (Å²) in [6.07, 6.45) is 2.28. The molecule has 0 aliphatic carbocycles. The second-order valence-electron chi connectivity index (χ2n) is 5.74. The van der Waals surface area contributed by atoms with Crippen LogP contribution in [0.25, 0.3) is 11.1 Å². The van der Waals surface area contributed by atoms with E-state index in [2.05, 4.69) is 22.4 Å². The number of hydrogen-bond donors (Lipinski definition) is 2. The van der Waals surface area contributed by atoms with Gasteiger partial charge in [-0.3, -0.25) is 9.63 Å². The van der Waals surface area contributed by atoms with E-state index in [1.54, 1.807) is 13.0 Å². The van der Waals surface area contributed by atoms with Crippen LogP contribution in [-0.2, 0) is 9.57 Å². The van der Waals surface area contributed by atoms with Gasteiger partial charge in [0.1, 0.15) is 24.5 Å². The van der Waals surface area contributed by atoms with Crippen LogP contribution < -0.4 is 10.8 Å². The Balaban J connectivity index is 0.00000155. The molecule has 7 nitrogen and oxygen atoms in total. The van der Waals surface area contributed by atoms with Gasteiger partial charge < -0.3 is 14.5 Å². The van der Waals surface area contributed by atoms with Crippen molar-refractivity contribution >= 4 is 28.4 Å². The van der Waals surface area contributed by atoms with Gasteiger partial charge in [0.25, 0.3) is 5.91 Å². The molecule has 0 spiro atoms. The van der Waals surface area contributed by atoms with Crippen molar-refractivity contribution in [2.24, 2.45) is 0 Å². The minimum Gasteiger partial charge on any atom is -0.499 e. The van der Waals surface area contributed by atoms with Gasteiger partial charge in [-0.25, -0.2) is 19.2 Å². The predicted molar refractivity (Wildman–Crippen MR) is 109 cm³/mol. The van der Waals surface area contributed by atoms with Gasteiger partial charge in [-0.2, -0.15) is 0 Å². The number of oxazole rings is 1. The first-order valence-corrected chi connectivity index (χ1v) is 9.24. The fourth-order valence-corrected chi connectivity index (χ4v) is 2.46. The first-order valence-electron chi connectivity index (χ1n) is 9.24. The summed E-state index contributed by atoms with van der Waals surface area (Å²) in [5, 5.41) is 2.62. The van der Waals surface area contributed by atoms with Gasteiger partial charge in [-0.15, -0.1) is 0 Å². The van der Waals surface area contributed by atoms with E-state index in [1.165, 1.54) is 24.5 Å². The Hall–Kier alpha value is -3.46. The Kier molecular flexibility index (Phi) is 8.30. The molecule has 30 heavy (non-hydrogen) atoms. The summed E-state index contributed by atoms with van der Waals surface area (Å²) in [5.74, 6) is -2.21. The molecule has 3 aromatic rings. The number of ether oxygens (including phenoxy) is 1. The van der Waals surface area contributed by atoms with Crippen LogP contribution in [0.15, 0.2) is 47.9 Å². The number of carbonyl (C=O) groups excluding carboxylic acids is 1. The molecule has 1 aromatic heterocycles. The molecule has 2 N–H and O–H groups in total. The lowest BCUT2D eigenvalue weighted by Crippen LogP contribution is -2.26. The van der Waals surface area contributed by atoms with Crippen LogP contribution in [0, 0.1) is 18.6 Å².